The van der Waals surface area contributed by atoms with Crippen molar-refractivity contribution in [2.75, 3.05) is 25.5 Å². The summed E-state index contributed by atoms with van der Waals surface area (Å²) in [5.74, 6) is 0.561. The van der Waals surface area contributed by atoms with Crippen LogP contribution in [0.5, 0.6) is 5.75 Å². The van der Waals surface area contributed by atoms with Gasteiger partial charge in [0.25, 0.3) is 0 Å². The van der Waals surface area contributed by atoms with E-state index < -0.39 is 0 Å². The second-order valence-corrected chi connectivity index (χ2v) is 8.58. The molecule has 0 aliphatic carbocycles. The van der Waals surface area contributed by atoms with Crippen LogP contribution in [0.4, 0.5) is 9.93 Å². The van der Waals surface area contributed by atoms with Gasteiger partial charge in [-0.3, -0.25) is 4.79 Å². The number of benzene rings is 1. The molecule has 1 aromatic carbocycles. The number of nitrogens with one attached hydrogen (secondary N) is 2. The first kappa shape index (κ1) is 22.6. The Morgan fingerprint density at radius 3 is 2.41 bits per heavy atom. The van der Waals surface area contributed by atoms with Crippen molar-refractivity contribution in [2.45, 2.75) is 46.1 Å². The molecule has 0 radical (unpaired) electrons. The molecule has 1 heterocycles. The molecule has 0 atom stereocenters. The van der Waals surface area contributed by atoms with Crippen LogP contribution < -0.4 is 15.4 Å². The van der Waals surface area contributed by atoms with Crippen LogP contribution in [0.3, 0.4) is 0 Å². The number of carbonyl (C=O) groups is 2. The lowest BCUT2D eigenvalue weighted by Gasteiger charge is -2.28. The van der Waals surface area contributed by atoms with Crippen molar-refractivity contribution >= 4 is 28.4 Å². The molecule has 0 unspecified atom stereocenters. The number of hydrogen-bond donors (Lipinski definition) is 2. The molecule has 0 bridgehead atoms. The number of urea groups is 1. The lowest BCUT2D eigenvalue weighted by atomic mass is 10.1. The van der Waals surface area contributed by atoms with Crippen LogP contribution in [0.1, 0.15) is 40.5 Å². The molecule has 9 heteroatoms. The number of ether oxygens (including phenoxy) is 1. The van der Waals surface area contributed by atoms with Gasteiger partial charge in [0.2, 0.25) is 11.0 Å². The zero-order valence-electron chi connectivity index (χ0n) is 17.6. The fourth-order valence-electron chi connectivity index (χ4n) is 2.53. The van der Waals surface area contributed by atoms with Crippen LogP contribution >= 0.6 is 11.3 Å². The lowest BCUT2D eigenvalue weighted by Crippen LogP contribution is -2.49. The first-order valence-electron chi connectivity index (χ1n) is 9.56. The topological polar surface area (TPSA) is 96.5 Å². The summed E-state index contributed by atoms with van der Waals surface area (Å²) in [6.07, 6.45) is 1.01. The molecule has 0 saturated carbocycles. The zero-order chi connectivity index (χ0) is 21.4. The van der Waals surface area contributed by atoms with E-state index in [0.717, 1.165) is 17.7 Å². The van der Waals surface area contributed by atoms with Gasteiger partial charge in [0, 0.05) is 30.6 Å². The SMILES string of the molecule is CCCN(CCC(=O)Nc1nnc(-c2ccc(OC)cc2)s1)C(=O)NC(C)(C)C. The average Bonchev–Trinajstić information content (AvgIpc) is 3.12. The van der Waals surface area contributed by atoms with E-state index in [4.69, 9.17) is 4.74 Å². The van der Waals surface area contributed by atoms with Crippen molar-refractivity contribution < 1.29 is 14.3 Å². The highest BCUT2D eigenvalue weighted by Gasteiger charge is 2.20. The number of anilines is 1. The maximum Gasteiger partial charge on any atom is 0.317 e. The maximum absolute atomic E-state index is 12.4. The van der Waals surface area contributed by atoms with E-state index in [-0.39, 0.29) is 23.9 Å². The van der Waals surface area contributed by atoms with Crippen LogP contribution in [0.25, 0.3) is 10.6 Å². The van der Waals surface area contributed by atoms with Crippen molar-refractivity contribution in [2.24, 2.45) is 0 Å². The zero-order valence-corrected chi connectivity index (χ0v) is 18.4. The molecule has 0 fully saturated rings. The van der Waals surface area contributed by atoms with Gasteiger partial charge < -0.3 is 20.3 Å². The van der Waals surface area contributed by atoms with Gasteiger partial charge in [0.15, 0.2) is 0 Å². The molecule has 3 amide bonds. The number of amides is 3. The van der Waals surface area contributed by atoms with Crippen molar-refractivity contribution in [1.82, 2.24) is 20.4 Å². The second-order valence-electron chi connectivity index (χ2n) is 7.61. The number of hydrogen-bond acceptors (Lipinski definition) is 6. The first-order valence-corrected chi connectivity index (χ1v) is 10.4. The minimum absolute atomic E-state index is 0.162. The number of carbonyl (C=O) groups excluding carboxylic acids is 2. The summed E-state index contributed by atoms with van der Waals surface area (Å²) in [5, 5.41) is 15.0. The van der Waals surface area contributed by atoms with Crippen molar-refractivity contribution in [1.29, 1.82) is 0 Å². The Hall–Kier alpha value is -2.68. The summed E-state index contributed by atoms with van der Waals surface area (Å²) >= 11 is 1.30. The highest BCUT2D eigenvalue weighted by molar-refractivity contribution is 7.18. The first-order chi connectivity index (χ1) is 13.7. The molecular weight excluding hydrogens is 390 g/mol. The normalized spacial score (nSPS) is 11.1. The number of aromatic nitrogens is 2. The number of methoxy groups -OCH3 is 1. The van der Waals surface area contributed by atoms with Crippen molar-refractivity contribution in [3.8, 4) is 16.3 Å². The van der Waals surface area contributed by atoms with Gasteiger partial charge in [-0.25, -0.2) is 4.79 Å². The standard InChI is InChI=1S/C20H29N5O3S/c1-6-12-25(19(27)22-20(2,3)4)13-11-16(26)21-18-24-23-17(29-18)14-7-9-15(28-5)10-8-14/h7-10H,6,11-13H2,1-5H3,(H,22,27)(H,21,24,26). The van der Waals surface area contributed by atoms with Gasteiger partial charge in [0.1, 0.15) is 10.8 Å². The third kappa shape index (κ3) is 7.34. The average molecular weight is 420 g/mol. The molecule has 0 aliphatic heterocycles. The third-order valence-electron chi connectivity index (χ3n) is 3.88. The Morgan fingerprint density at radius 1 is 1.14 bits per heavy atom. The molecular formula is C20H29N5O3S. The van der Waals surface area contributed by atoms with E-state index in [1.54, 1.807) is 12.0 Å². The molecule has 0 saturated heterocycles. The minimum Gasteiger partial charge on any atom is -0.497 e. The Labute approximate surface area is 175 Å². The van der Waals surface area contributed by atoms with Gasteiger partial charge >= 0.3 is 6.03 Å². The summed E-state index contributed by atoms with van der Waals surface area (Å²) in [6.45, 7) is 8.72. The van der Waals surface area contributed by atoms with E-state index in [1.807, 2.05) is 52.0 Å². The predicted octanol–water partition coefficient (Wildman–Crippen LogP) is 3.76. The molecule has 2 aromatic rings. The molecule has 2 N–H and O–H groups in total. The summed E-state index contributed by atoms with van der Waals surface area (Å²) in [6, 6.07) is 7.31. The van der Waals surface area contributed by atoms with Gasteiger partial charge in [-0.2, -0.15) is 0 Å². The minimum atomic E-state index is -0.324. The van der Waals surface area contributed by atoms with Crippen molar-refractivity contribution in [3.63, 3.8) is 0 Å². The Morgan fingerprint density at radius 2 is 1.83 bits per heavy atom. The van der Waals surface area contributed by atoms with Crippen LogP contribution in [0.15, 0.2) is 24.3 Å². The molecule has 29 heavy (non-hydrogen) atoms. The monoisotopic (exact) mass is 419 g/mol. The van der Waals surface area contributed by atoms with Crippen LogP contribution in [-0.2, 0) is 4.79 Å². The van der Waals surface area contributed by atoms with Crippen LogP contribution in [0, 0.1) is 0 Å². The highest BCUT2D eigenvalue weighted by Crippen LogP contribution is 2.27. The van der Waals surface area contributed by atoms with Gasteiger partial charge in [-0.05, 0) is 51.5 Å². The van der Waals surface area contributed by atoms with E-state index in [9.17, 15) is 9.59 Å². The summed E-state index contributed by atoms with van der Waals surface area (Å²) in [7, 11) is 1.61. The van der Waals surface area contributed by atoms with Gasteiger partial charge in [-0.15, -0.1) is 10.2 Å². The van der Waals surface area contributed by atoms with E-state index >= 15 is 0 Å². The maximum atomic E-state index is 12.4. The van der Waals surface area contributed by atoms with Crippen molar-refractivity contribution in [3.05, 3.63) is 24.3 Å². The predicted molar refractivity (Wildman–Crippen MR) is 115 cm³/mol. The third-order valence-corrected chi connectivity index (χ3v) is 4.77. The highest BCUT2D eigenvalue weighted by atomic mass is 32.1. The van der Waals surface area contributed by atoms with Gasteiger partial charge in [-0.1, -0.05) is 18.3 Å². The summed E-state index contributed by atoms with van der Waals surface area (Å²) in [5.41, 5.74) is 0.576. The fraction of sp³-hybridized carbons (Fsp3) is 0.500. The molecule has 0 spiro atoms. The smallest absolute Gasteiger partial charge is 0.317 e. The fourth-order valence-corrected chi connectivity index (χ4v) is 3.29. The second kappa shape index (κ2) is 10.2. The molecule has 1 aromatic heterocycles. The quantitative estimate of drug-likeness (QED) is 0.679. The van der Waals surface area contributed by atoms with E-state index in [2.05, 4.69) is 20.8 Å². The van der Waals surface area contributed by atoms with Crippen LogP contribution in [-0.4, -0.2) is 52.8 Å². The summed E-state index contributed by atoms with van der Waals surface area (Å²) in [4.78, 5) is 26.4. The Bertz CT molecular complexity index is 814. The van der Waals surface area contributed by atoms with Gasteiger partial charge in [0.05, 0.1) is 7.11 Å². The Balaban J connectivity index is 1.91. The number of nitrogens with zero attached hydrogens (tertiary/aromatic N) is 3. The Kier molecular flexibility index (Phi) is 7.95. The summed E-state index contributed by atoms with van der Waals surface area (Å²) < 4.78 is 5.15. The lowest BCUT2D eigenvalue weighted by molar-refractivity contribution is -0.116. The largest absolute Gasteiger partial charge is 0.497 e. The number of rotatable bonds is 8. The molecule has 158 valence electrons. The van der Waals surface area contributed by atoms with E-state index in [1.165, 1.54) is 11.3 Å². The van der Waals surface area contributed by atoms with E-state index in [0.29, 0.717) is 23.2 Å². The molecule has 0 aliphatic rings. The van der Waals surface area contributed by atoms with Crippen LogP contribution in [0.2, 0.25) is 0 Å². The molecule has 8 nitrogen and oxygen atoms in total. The molecule has 2 rings (SSSR count).